The van der Waals surface area contributed by atoms with Crippen LogP contribution in [0.2, 0.25) is 0 Å². The first kappa shape index (κ1) is 15.4. The lowest BCUT2D eigenvalue weighted by Gasteiger charge is -2.14. The molecule has 1 atom stereocenters. The average Bonchev–Trinajstić information content (AvgIpc) is 2.48. The predicted octanol–water partition coefficient (Wildman–Crippen LogP) is 3.90. The summed E-state index contributed by atoms with van der Waals surface area (Å²) in [6.45, 7) is 4.93. The molecule has 112 valence electrons. The van der Waals surface area contributed by atoms with Gasteiger partial charge in [0.1, 0.15) is 11.5 Å². The van der Waals surface area contributed by atoms with Crippen LogP contribution in [-0.2, 0) is 0 Å². The Kier molecular flexibility index (Phi) is 5.64. The molecule has 0 heterocycles. The number of benzene rings is 2. The molecule has 0 aliphatic rings. The van der Waals surface area contributed by atoms with Crippen molar-refractivity contribution in [2.45, 2.75) is 26.4 Å². The molecule has 0 bridgehead atoms. The molecule has 0 unspecified atom stereocenters. The first-order chi connectivity index (χ1) is 10.2. The van der Waals surface area contributed by atoms with E-state index in [9.17, 15) is 5.11 Å². The molecule has 2 aromatic rings. The van der Waals surface area contributed by atoms with E-state index in [1.54, 1.807) is 6.92 Å². The molecule has 0 aliphatic carbocycles. The van der Waals surface area contributed by atoms with Crippen molar-refractivity contribution in [1.29, 1.82) is 0 Å². The minimum absolute atomic E-state index is 0.527. The van der Waals surface area contributed by atoms with Gasteiger partial charge in [0.05, 0.1) is 19.3 Å². The second kappa shape index (κ2) is 7.70. The summed E-state index contributed by atoms with van der Waals surface area (Å²) < 4.78 is 11.4. The molecule has 21 heavy (non-hydrogen) atoms. The van der Waals surface area contributed by atoms with E-state index >= 15 is 0 Å². The Morgan fingerprint density at radius 2 is 1.71 bits per heavy atom. The maximum Gasteiger partial charge on any atom is 0.125 e. The highest BCUT2D eigenvalue weighted by Crippen LogP contribution is 2.26. The highest BCUT2D eigenvalue weighted by molar-refractivity contribution is 5.38. The smallest absolute Gasteiger partial charge is 0.125 e. The Bertz CT molecular complexity index is 550. The van der Waals surface area contributed by atoms with Gasteiger partial charge in [0.15, 0.2) is 0 Å². The second-order valence-electron chi connectivity index (χ2n) is 5.08. The molecule has 0 amide bonds. The first-order valence-corrected chi connectivity index (χ1v) is 7.26. The minimum Gasteiger partial charge on any atom is -0.493 e. The first-order valence-electron chi connectivity index (χ1n) is 7.26. The maximum absolute atomic E-state index is 9.74. The van der Waals surface area contributed by atoms with Crippen LogP contribution < -0.4 is 9.47 Å². The predicted molar refractivity (Wildman–Crippen MR) is 83.9 cm³/mol. The lowest BCUT2D eigenvalue weighted by molar-refractivity contribution is 0.188. The molecule has 1 N–H and O–H groups in total. The van der Waals surface area contributed by atoms with Gasteiger partial charge >= 0.3 is 0 Å². The van der Waals surface area contributed by atoms with Crippen molar-refractivity contribution in [2.75, 3.05) is 13.2 Å². The quantitative estimate of drug-likeness (QED) is 0.785. The van der Waals surface area contributed by atoms with Crippen LogP contribution in [0.4, 0.5) is 0 Å². The molecule has 2 rings (SSSR count). The lowest BCUT2D eigenvalue weighted by Crippen LogP contribution is -2.07. The number of hydrogen-bond donors (Lipinski definition) is 1. The third-order valence-corrected chi connectivity index (χ3v) is 3.18. The van der Waals surface area contributed by atoms with Crippen LogP contribution >= 0.6 is 0 Å². The van der Waals surface area contributed by atoms with Crippen molar-refractivity contribution in [3.05, 3.63) is 59.7 Å². The second-order valence-corrected chi connectivity index (χ2v) is 5.08. The molecule has 0 spiro atoms. The summed E-state index contributed by atoms with van der Waals surface area (Å²) in [5.74, 6) is 1.63. The van der Waals surface area contributed by atoms with Crippen LogP contribution in [0.5, 0.6) is 11.5 Å². The molecule has 0 aromatic heterocycles. The summed E-state index contributed by atoms with van der Waals surface area (Å²) in [4.78, 5) is 0. The minimum atomic E-state index is -0.527. The van der Waals surface area contributed by atoms with E-state index in [0.717, 1.165) is 29.0 Å². The fraction of sp³-hybridized carbons (Fsp3) is 0.333. The topological polar surface area (TPSA) is 38.7 Å². The Morgan fingerprint density at radius 3 is 2.43 bits per heavy atom. The van der Waals surface area contributed by atoms with E-state index in [-0.39, 0.29) is 0 Å². The van der Waals surface area contributed by atoms with Gasteiger partial charge in [-0.3, -0.25) is 0 Å². The Hall–Kier alpha value is -2.00. The third kappa shape index (κ3) is 4.80. The highest BCUT2D eigenvalue weighted by Gasteiger charge is 2.09. The van der Waals surface area contributed by atoms with Gasteiger partial charge in [-0.1, -0.05) is 30.3 Å². The Balaban J connectivity index is 1.79. The summed E-state index contributed by atoms with van der Waals surface area (Å²) in [7, 11) is 0. The highest BCUT2D eigenvalue weighted by atomic mass is 16.5. The fourth-order valence-electron chi connectivity index (χ4n) is 2.06. The maximum atomic E-state index is 9.74. The number of aliphatic hydroxyl groups is 1. The number of rotatable bonds is 7. The van der Waals surface area contributed by atoms with Crippen molar-refractivity contribution < 1.29 is 14.6 Å². The fourth-order valence-corrected chi connectivity index (χ4v) is 2.06. The Labute approximate surface area is 126 Å². The summed E-state index contributed by atoms with van der Waals surface area (Å²) in [6.07, 6.45) is 0.267. The third-order valence-electron chi connectivity index (χ3n) is 3.18. The van der Waals surface area contributed by atoms with Gasteiger partial charge < -0.3 is 14.6 Å². The van der Waals surface area contributed by atoms with Crippen molar-refractivity contribution in [1.82, 2.24) is 0 Å². The number of aryl methyl sites for hydroxylation is 1. The summed E-state index contributed by atoms with van der Waals surface area (Å²) in [5.41, 5.74) is 1.94. The number of para-hydroxylation sites is 1. The van der Waals surface area contributed by atoms with E-state index in [2.05, 4.69) is 0 Å². The molecule has 0 saturated carbocycles. The van der Waals surface area contributed by atoms with Gasteiger partial charge in [-0.05, 0) is 37.6 Å². The van der Waals surface area contributed by atoms with Gasteiger partial charge in [-0.15, -0.1) is 0 Å². The van der Waals surface area contributed by atoms with Crippen LogP contribution in [0.15, 0.2) is 48.5 Å². The molecule has 3 nitrogen and oxygen atoms in total. The molecule has 0 aliphatic heterocycles. The van der Waals surface area contributed by atoms with E-state index in [0.29, 0.717) is 13.2 Å². The molecule has 0 fully saturated rings. The van der Waals surface area contributed by atoms with Gasteiger partial charge in [0.2, 0.25) is 0 Å². The standard InChI is InChI=1S/C18H22O3/c1-14-9-10-17(15(2)19)18(13-14)21-12-6-11-20-16-7-4-3-5-8-16/h3-5,7-10,13,15,19H,6,11-12H2,1-2H3/t15-/m1/s1. The number of aliphatic hydroxyl groups excluding tert-OH is 1. The van der Waals surface area contributed by atoms with Gasteiger partial charge in [0, 0.05) is 12.0 Å². The number of hydrogen-bond acceptors (Lipinski definition) is 3. The van der Waals surface area contributed by atoms with E-state index in [4.69, 9.17) is 9.47 Å². The van der Waals surface area contributed by atoms with Crippen LogP contribution in [0, 0.1) is 6.92 Å². The summed E-state index contributed by atoms with van der Waals surface area (Å²) >= 11 is 0. The number of ether oxygens (including phenoxy) is 2. The van der Waals surface area contributed by atoms with Crippen LogP contribution in [-0.4, -0.2) is 18.3 Å². The largest absolute Gasteiger partial charge is 0.493 e. The van der Waals surface area contributed by atoms with Crippen LogP contribution in [0.3, 0.4) is 0 Å². The molecular weight excluding hydrogens is 264 g/mol. The van der Waals surface area contributed by atoms with E-state index in [1.165, 1.54) is 0 Å². The van der Waals surface area contributed by atoms with Gasteiger partial charge in [-0.2, -0.15) is 0 Å². The van der Waals surface area contributed by atoms with Gasteiger partial charge in [0.25, 0.3) is 0 Å². The van der Waals surface area contributed by atoms with Gasteiger partial charge in [-0.25, -0.2) is 0 Å². The van der Waals surface area contributed by atoms with Crippen LogP contribution in [0.25, 0.3) is 0 Å². The van der Waals surface area contributed by atoms with Crippen molar-refractivity contribution in [2.24, 2.45) is 0 Å². The zero-order valence-electron chi connectivity index (χ0n) is 12.6. The lowest BCUT2D eigenvalue weighted by atomic mass is 10.1. The van der Waals surface area contributed by atoms with Crippen LogP contribution in [0.1, 0.15) is 30.6 Å². The zero-order chi connectivity index (χ0) is 15.1. The Morgan fingerprint density at radius 1 is 1.00 bits per heavy atom. The van der Waals surface area contributed by atoms with E-state index < -0.39 is 6.10 Å². The SMILES string of the molecule is Cc1ccc([C@@H](C)O)c(OCCCOc2ccccc2)c1. The van der Waals surface area contributed by atoms with E-state index in [1.807, 2.05) is 55.5 Å². The monoisotopic (exact) mass is 286 g/mol. The normalized spacial score (nSPS) is 12.0. The summed E-state index contributed by atoms with van der Waals surface area (Å²) in [6, 6.07) is 15.6. The molecule has 3 heteroatoms. The molecular formula is C18H22O3. The van der Waals surface area contributed by atoms with Crippen molar-refractivity contribution >= 4 is 0 Å². The summed E-state index contributed by atoms with van der Waals surface area (Å²) in [5, 5.41) is 9.74. The molecule has 0 saturated heterocycles. The zero-order valence-corrected chi connectivity index (χ0v) is 12.6. The molecule has 0 radical (unpaired) electrons. The molecule has 2 aromatic carbocycles. The average molecular weight is 286 g/mol. The van der Waals surface area contributed by atoms with Crippen molar-refractivity contribution in [3.8, 4) is 11.5 Å². The van der Waals surface area contributed by atoms with Crippen molar-refractivity contribution in [3.63, 3.8) is 0 Å².